The maximum Gasteiger partial charge on any atom is 0.416 e. The number of benzene rings is 1. The van der Waals surface area contributed by atoms with Gasteiger partial charge in [-0.25, -0.2) is 4.98 Å². The number of nitrogen functional groups attached to an aromatic ring is 1. The van der Waals surface area contributed by atoms with Crippen LogP contribution in [-0.4, -0.2) is 16.7 Å². The zero-order chi connectivity index (χ0) is 17.1. The molecule has 1 aliphatic heterocycles. The standard InChI is InChI=1S/C15H11F4N3S2/c16-15(17,18)7-1-2-10-9(5-7)21-14(24-10)12-8-3-4-22(19)6-11(8)23-13(12)20/h1-2,5H,3-4,6,20H2. The summed E-state index contributed by atoms with van der Waals surface area (Å²) in [7, 11) is 0. The van der Waals surface area contributed by atoms with Crippen molar-refractivity contribution < 1.29 is 17.7 Å². The second-order valence-corrected chi connectivity index (χ2v) is 7.70. The summed E-state index contributed by atoms with van der Waals surface area (Å²) in [6.45, 7) is 0.465. The van der Waals surface area contributed by atoms with Crippen molar-refractivity contribution in [2.45, 2.75) is 19.1 Å². The minimum Gasteiger partial charge on any atom is -0.390 e. The summed E-state index contributed by atoms with van der Waals surface area (Å²) in [6, 6.07) is 3.53. The Morgan fingerprint density at radius 3 is 2.75 bits per heavy atom. The number of fused-ring (bicyclic) bond motifs is 2. The predicted molar refractivity (Wildman–Crippen MR) is 87.6 cm³/mol. The number of alkyl halides is 3. The third-order valence-corrected chi connectivity index (χ3v) is 6.07. The van der Waals surface area contributed by atoms with E-state index in [1.165, 1.54) is 28.7 Å². The third kappa shape index (κ3) is 2.56. The molecule has 0 aliphatic carbocycles. The van der Waals surface area contributed by atoms with Gasteiger partial charge in [-0.2, -0.15) is 13.2 Å². The van der Waals surface area contributed by atoms with Crippen LogP contribution in [0, 0.1) is 0 Å². The quantitative estimate of drug-likeness (QED) is 0.489. The summed E-state index contributed by atoms with van der Waals surface area (Å²) in [4.78, 5) is 5.21. The number of thiophene rings is 1. The number of rotatable bonds is 1. The van der Waals surface area contributed by atoms with Crippen LogP contribution in [0.25, 0.3) is 20.8 Å². The normalized spacial score (nSPS) is 15.8. The van der Waals surface area contributed by atoms with Crippen LogP contribution >= 0.6 is 22.7 Å². The molecule has 0 bridgehead atoms. The van der Waals surface area contributed by atoms with Gasteiger partial charge in [-0.15, -0.1) is 32.3 Å². The van der Waals surface area contributed by atoms with Gasteiger partial charge < -0.3 is 5.73 Å². The van der Waals surface area contributed by atoms with Gasteiger partial charge >= 0.3 is 6.18 Å². The van der Waals surface area contributed by atoms with E-state index in [0.717, 1.165) is 33.3 Å². The van der Waals surface area contributed by atoms with E-state index in [1.807, 2.05) is 0 Å². The fourth-order valence-electron chi connectivity index (χ4n) is 2.84. The molecular formula is C15H11F4N3S2. The fraction of sp³-hybridized carbons (Fsp3) is 0.267. The molecular weight excluding hydrogens is 362 g/mol. The van der Waals surface area contributed by atoms with Crippen molar-refractivity contribution in [1.82, 2.24) is 10.1 Å². The van der Waals surface area contributed by atoms with Crippen molar-refractivity contribution >= 4 is 37.9 Å². The Labute approximate surface area is 142 Å². The number of hydrogen-bond donors (Lipinski definition) is 1. The van der Waals surface area contributed by atoms with Crippen LogP contribution in [0.1, 0.15) is 16.0 Å². The maximum absolute atomic E-state index is 13.4. The zero-order valence-electron chi connectivity index (χ0n) is 12.2. The van der Waals surface area contributed by atoms with Crippen molar-refractivity contribution in [3.63, 3.8) is 0 Å². The molecule has 0 radical (unpaired) electrons. The largest absolute Gasteiger partial charge is 0.416 e. The van der Waals surface area contributed by atoms with Crippen molar-refractivity contribution in [2.24, 2.45) is 0 Å². The molecule has 3 heterocycles. The van der Waals surface area contributed by atoms with E-state index in [9.17, 15) is 17.7 Å². The first kappa shape index (κ1) is 15.8. The molecule has 3 aromatic rings. The first-order valence-electron chi connectivity index (χ1n) is 7.12. The van der Waals surface area contributed by atoms with Gasteiger partial charge in [0.1, 0.15) is 5.01 Å². The Morgan fingerprint density at radius 2 is 2.00 bits per heavy atom. The number of aromatic nitrogens is 1. The van der Waals surface area contributed by atoms with Crippen LogP contribution in [0.5, 0.6) is 0 Å². The topological polar surface area (TPSA) is 42.1 Å². The van der Waals surface area contributed by atoms with Crippen LogP contribution in [0.2, 0.25) is 0 Å². The van der Waals surface area contributed by atoms with Crippen LogP contribution in [0.15, 0.2) is 18.2 Å². The van der Waals surface area contributed by atoms with E-state index in [2.05, 4.69) is 4.98 Å². The lowest BCUT2D eigenvalue weighted by Gasteiger charge is -2.18. The van der Waals surface area contributed by atoms with Crippen molar-refractivity contribution in [1.29, 1.82) is 0 Å². The van der Waals surface area contributed by atoms with Gasteiger partial charge in [-0.05, 0) is 30.2 Å². The molecule has 0 saturated heterocycles. The number of halogens is 4. The predicted octanol–water partition coefficient (Wildman–Crippen LogP) is 4.87. The van der Waals surface area contributed by atoms with Gasteiger partial charge in [0.2, 0.25) is 0 Å². The molecule has 4 rings (SSSR count). The highest BCUT2D eigenvalue weighted by atomic mass is 32.1. The molecule has 0 unspecified atom stereocenters. The van der Waals surface area contributed by atoms with Crippen molar-refractivity contribution in [3.8, 4) is 10.6 Å². The summed E-state index contributed by atoms with van der Waals surface area (Å²) >= 11 is 2.62. The number of anilines is 1. The highest BCUT2D eigenvalue weighted by Gasteiger charge is 2.31. The molecule has 2 aromatic heterocycles. The second kappa shape index (κ2) is 5.40. The van der Waals surface area contributed by atoms with E-state index >= 15 is 0 Å². The molecule has 0 saturated carbocycles. The Bertz CT molecular complexity index is 929. The highest BCUT2D eigenvalue weighted by Crippen LogP contribution is 2.44. The Balaban J connectivity index is 1.83. The molecule has 0 amide bonds. The molecule has 2 N–H and O–H groups in total. The average molecular weight is 373 g/mol. The summed E-state index contributed by atoms with van der Waals surface area (Å²) in [5.41, 5.74) is 7.37. The number of thiazole rings is 1. The van der Waals surface area contributed by atoms with Crippen LogP contribution in [-0.2, 0) is 19.1 Å². The summed E-state index contributed by atoms with van der Waals surface area (Å²) < 4.78 is 52.6. The lowest BCUT2D eigenvalue weighted by molar-refractivity contribution is -0.137. The number of hydrogen-bond acceptors (Lipinski definition) is 5. The molecule has 126 valence electrons. The van der Waals surface area contributed by atoms with Crippen molar-refractivity contribution in [3.05, 3.63) is 34.2 Å². The van der Waals surface area contributed by atoms with Gasteiger partial charge in [0.05, 0.1) is 27.3 Å². The molecule has 1 aliphatic rings. The third-order valence-electron chi connectivity index (χ3n) is 3.97. The van der Waals surface area contributed by atoms with E-state index in [0.29, 0.717) is 26.6 Å². The molecule has 9 heteroatoms. The second-order valence-electron chi connectivity index (χ2n) is 5.54. The van der Waals surface area contributed by atoms with E-state index in [4.69, 9.17) is 5.73 Å². The highest BCUT2D eigenvalue weighted by molar-refractivity contribution is 7.22. The average Bonchev–Trinajstić information content (AvgIpc) is 3.04. The first-order valence-corrected chi connectivity index (χ1v) is 8.75. The number of nitrogens with two attached hydrogens (primary N) is 1. The monoisotopic (exact) mass is 373 g/mol. The fourth-order valence-corrected chi connectivity index (χ4v) is 5.06. The Hall–Kier alpha value is -1.71. The molecule has 0 spiro atoms. The molecule has 1 aromatic carbocycles. The Kier molecular flexibility index (Phi) is 3.55. The molecule has 24 heavy (non-hydrogen) atoms. The van der Waals surface area contributed by atoms with Crippen molar-refractivity contribution in [2.75, 3.05) is 12.3 Å². The first-order chi connectivity index (χ1) is 11.3. The maximum atomic E-state index is 13.4. The molecule has 0 fully saturated rings. The van der Waals surface area contributed by atoms with E-state index in [1.54, 1.807) is 0 Å². The van der Waals surface area contributed by atoms with Gasteiger partial charge in [0.15, 0.2) is 0 Å². The van der Waals surface area contributed by atoms with Gasteiger partial charge in [-0.3, -0.25) is 0 Å². The zero-order valence-corrected chi connectivity index (χ0v) is 13.8. The summed E-state index contributed by atoms with van der Waals surface area (Å²) in [5.74, 6) is 0. The number of nitrogens with zero attached hydrogens (tertiary/aromatic N) is 2. The smallest absolute Gasteiger partial charge is 0.390 e. The minimum atomic E-state index is -4.40. The molecule has 3 nitrogen and oxygen atoms in total. The SMILES string of the molecule is Nc1sc2c(c1-c1nc3cc(C(F)(F)F)ccc3s1)CCN(F)C2. The van der Waals surface area contributed by atoms with Gasteiger partial charge in [0, 0.05) is 17.0 Å². The van der Waals surface area contributed by atoms with Crippen LogP contribution in [0.4, 0.5) is 22.7 Å². The lowest BCUT2D eigenvalue weighted by atomic mass is 10.0. The molecule has 0 atom stereocenters. The van der Waals surface area contributed by atoms with Gasteiger partial charge in [-0.1, -0.05) is 0 Å². The summed E-state index contributed by atoms with van der Waals surface area (Å²) in [6.07, 6.45) is -3.89. The summed E-state index contributed by atoms with van der Waals surface area (Å²) in [5, 5.41) is 1.85. The van der Waals surface area contributed by atoms with E-state index < -0.39 is 11.7 Å². The van der Waals surface area contributed by atoms with Gasteiger partial charge in [0.25, 0.3) is 0 Å². The van der Waals surface area contributed by atoms with Crippen LogP contribution < -0.4 is 5.73 Å². The Morgan fingerprint density at radius 1 is 1.21 bits per heavy atom. The van der Waals surface area contributed by atoms with Crippen LogP contribution in [0.3, 0.4) is 0 Å². The van der Waals surface area contributed by atoms with E-state index in [-0.39, 0.29) is 13.1 Å². The minimum absolute atomic E-state index is 0.188. The lowest BCUT2D eigenvalue weighted by Crippen LogP contribution is -2.21.